The molecule has 36 heavy (non-hydrogen) atoms. The molecule has 2 fully saturated rings. The van der Waals surface area contributed by atoms with Crippen LogP contribution >= 0.6 is 11.6 Å². The molecule has 4 atom stereocenters. The maximum absolute atomic E-state index is 13.8. The van der Waals surface area contributed by atoms with Gasteiger partial charge in [-0.2, -0.15) is 0 Å². The first-order valence-electron chi connectivity index (χ1n) is 11.6. The minimum atomic E-state index is -0.874. The Bertz CT molecular complexity index is 1400. The van der Waals surface area contributed by atoms with Gasteiger partial charge in [-0.3, -0.25) is 14.4 Å². The molecule has 3 aromatic rings. The quantitative estimate of drug-likeness (QED) is 0.539. The predicted octanol–water partition coefficient (Wildman–Crippen LogP) is 4.38. The van der Waals surface area contributed by atoms with Crippen LogP contribution in [0, 0.1) is 11.8 Å². The standard InChI is InChI=1S/C28H22ClN3O4/c1-36-20-13-11-19(12-14-20)31-27(34)23-22-15-6-16-4-2-3-5-21(16)32(22)25(24(23)28(31)35)26(33)30-18-9-7-17(29)8-10-18/h2-15,22-25H,1H3,(H,30,33)/t22-,23+,24+,25-/m0/s1. The van der Waals surface area contributed by atoms with Gasteiger partial charge in [-0.1, -0.05) is 42.0 Å². The summed E-state index contributed by atoms with van der Waals surface area (Å²) in [5, 5.41) is 3.48. The highest BCUT2D eigenvalue weighted by Gasteiger charge is 2.64. The van der Waals surface area contributed by atoms with E-state index in [9.17, 15) is 14.4 Å². The Labute approximate surface area is 212 Å². The van der Waals surface area contributed by atoms with Crippen molar-refractivity contribution in [2.45, 2.75) is 12.1 Å². The average Bonchev–Trinajstić information content (AvgIpc) is 3.38. The number of hydrogen-bond acceptors (Lipinski definition) is 5. The molecule has 0 spiro atoms. The van der Waals surface area contributed by atoms with Gasteiger partial charge in [0.05, 0.1) is 30.7 Å². The first-order chi connectivity index (χ1) is 17.5. The highest BCUT2D eigenvalue weighted by atomic mass is 35.5. The number of anilines is 3. The topological polar surface area (TPSA) is 79.0 Å². The van der Waals surface area contributed by atoms with Gasteiger partial charge in [0, 0.05) is 16.4 Å². The van der Waals surface area contributed by atoms with Crippen LogP contribution in [0.15, 0.2) is 78.9 Å². The molecule has 0 saturated carbocycles. The number of rotatable bonds is 4. The van der Waals surface area contributed by atoms with Crippen molar-refractivity contribution in [1.82, 2.24) is 0 Å². The van der Waals surface area contributed by atoms with Crippen LogP contribution in [0.3, 0.4) is 0 Å². The summed E-state index contributed by atoms with van der Waals surface area (Å²) in [5.74, 6) is -1.95. The zero-order valence-electron chi connectivity index (χ0n) is 19.3. The Kier molecular flexibility index (Phi) is 5.30. The van der Waals surface area contributed by atoms with Gasteiger partial charge in [0.1, 0.15) is 11.8 Å². The van der Waals surface area contributed by atoms with Crippen molar-refractivity contribution in [2.75, 3.05) is 22.2 Å². The van der Waals surface area contributed by atoms with E-state index in [0.717, 1.165) is 11.3 Å². The lowest BCUT2D eigenvalue weighted by Crippen LogP contribution is -2.50. The van der Waals surface area contributed by atoms with Gasteiger partial charge in [0.2, 0.25) is 17.7 Å². The van der Waals surface area contributed by atoms with Gasteiger partial charge in [0.25, 0.3) is 0 Å². The van der Waals surface area contributed by atoms with E-state index < -0.39 is 23.9 Å². The fraction of sp³-hybridized carbons (Fsp3) is 0.179. The smallest absolute Gasteiger partial charge is 0.247 e. The Morgan fingerprint density at radius 1 is 0.917 bits per heavy atom. The Balaban J connectivity index is 1.42. The number of fused-ring (bicyclic) bond motifs is 5. The van der Waals surface area contributed by atoms with E-state index in [1.54, 1.807) is 55.6 Å². The van der Waals surface area contributed by atoms with E-state index in [0.29, 0.717) is 22.1 Å². The molecule has 3 aliphatic heterocycles. The third kappa shape index (κ3) is 3.38. The number of ether oxygens (including phenoxy) is 1. The fourth-order valence-electron chi connectivity index (χ4n) is 5.55. The van der Waals surface area contributed by atoms with Crippen LogP contribution in [0.5, 0.6) is 5.75 Å². The number of methoxy groups -OCH3 is 1. The van der Waals surface area contributed by atoms with Crippen molar-refractivity contribution in [2.24, 2.45) is 11.8 Å². The second kappa shape index (κ2) is 8.53. The molecule has 0 unspecified atom stereocenters. The summed E-state index contributed by atoms with van der Waals surface area (Å²) in [4.78, 5) is 44.5. The molecule has 3 aliphatic rings. The molecule has 3 amide bonds. The van der Waals surface area contributed by atoms with Crippen molar-refractivity contribution in [3.05, 3.63) is 89.5 Å². The molecule has 0 bridgehead atoms. The van der Waals surface area contributed by atoms with E-state index in [2.05, 4.69) is 5.32 Å². The normalized spacial score (nSPS) is 23.8. The molecule has 3 heterocycles. The summed E-state index contributed by atoms with van der Waals surface area (Å²) < 4.78 is 5.21. The monoisotopic (exact) mass is 499 g/mol. The number of hydrogen-bond donors (Lipinski definition) is 1. The first kappa shape index (κ1) is 22.4. The van der Waals surface area contributed by atoms with Crippen LogP contribution < -0.4 is 19.9 Å². The van der Waals surface area contributed by atoms with Crippen LogP contribution in [0.4, 0.5) is 17.1 Å². The van der Waals surface area contributed by atoms with Gasteiger partial charge in [-0.05, 0) is 60.2 Å². The average molecular weight is 500 g/mol. The lowest BCUT2D eigenvalue weighted by Gasteiger charge is -2.36. The second-order valence-electron chi connectivity index (χ2n) is 9.02. The predicted molar refractivity (Wildman–Crippen MR) is 138 cm³/mol. The number of amides is 3. The highest BCUT2D eigenvalue weighted by Crippen LogP contribution is 2.49. The molecule has 0 radical (unpaired) electrons. The lowest BCUT2D eigenvalue weighted by atomic mass is 9.88. The number of nitrogens with zero attached hydrogens (tertiary/aromatic N) is 2. The molecule has 0 aromatic heterocycles. The molecular weight excluding hydrogens is 478 g/mol. The third-order valence-corrected chi connectivity index (χ3v) is 7.38. The maximum Gasteiger partial charge on any atom is 0.247 e. The van der Waals surface area contributed by atoms with Gasteiger partial charge in [0.15, 0.2) is 0 Å². The van der Waals surface area contributed by atoms with E-state index in [1.165, 1.54) is 4.90 Å². The Morgan fingerprint density at radius 3 is 2.33 bits per heavy atom. The van der Waals surface area contributed by atoms with Gasteiger partial charge >= 0.3 is 0 Å². The third-order valence-electron chi connectivity index (χ3n) is 7.13. The van der Waals surface area contributed by atoms with E-state index >= 15 is 0 Å². The number of carbonyl (C=O) groups excluding carboxylic acids is 3. The van der Waals surface area contributed by atoms with Crippen molar-refractivity contribution >= 4 is 52.5 Å². The lowest BCUT2D eigenvalue weighted by molar-refractivity contribution is -0.126. The number of imide groups is 1. The minimum absolute atomic E-state index is 0.309. The highest BCUT2D eigenvalue weighted by molar-refractivity contribution is 6.30. The summed E-state index contributed by atoms with van der Waals surface area (Å²) in [5.41, 5.74) is 2.79. The Hall–Kier alpha value is -4.10. The van der Waals surface area contributed by atoms with Crippen LogP contribution in [0.2, 0.25) is 5.02 Å². The molecule has 7 nitrogen and oxygen atoms in total. The SMILES string of the molecule is COc1ccc(N2C(=O)[C@@H]3[C@H](C2=O)[C@@H]2C=Cc4ccccc4N2[C@@H]3C(=O)Nc2ccc(Cl)cc2)cc1. The molecule has 1 N–H and O–H groups in total. The van der Waals surface area contributed by atoms with Crippen molar-refractivity contribution in [3.63, 3.8) is 0 Å². The largest absolute Gasteiger partial charge is 0.497 e. The zero-order chi connectivity index (χ0) is 25.0. The number of benzene rings is 3. The van der Waals surface area contributed by atoms with Gasteiger partial charge in [-0.15, -0.1) is 0 Å². The van der Waals surface area contributed by atoms with Crippen molar-refractivity contribution < 1.29 is 19.1 Å². The van der Waals surface area contributed by atoms with Gasteiger partial charge < -0.3 is 15.0 Å². The molecule has 3 aromatic carbocycles. The van der Waals surface area contributed by atoms with Crippen LogP contribution in [-0.4, -0.2) is 36.9 Å². The first-order valence-corrected chi connectivity index (χ1v) is 12.0. The molecule has 0 aliphatic carbocycles. The molecule has 8 heteroatoms. The summed E-state index contributed by atoms with van der Waals surface area (Å²) >= 11 is 6.00. The fourth-order valence-corrected chi connectivity index (χ4v) is 5.67. The second-order valence-corrected chi connectivity index (χ2v) is 9.45. The number of halogens is 1. The minimum Gasteiger partial charge on any atom is -0.497 e. The molecule has 180 valence electrons. The van der Waals surface area contributed by atoms with E-state index in [-0.39, 0.29) is 17.7 Å². The number of para-hydroxylation sites is 1. The maximum atomic E-state index is 13.8. The van der Waals surface area contributed by atoms with Crippen LogP contribution in [0.25, 0.3) is 6.08 Å². The summed E-state index contributed by atoms with van der Waals surface area (Å²) in [6, 6.07) is 20.0. The summed E-state index contributed by atoms with van der Waals surface area (Å²) in [7, 11) is 1.55. The zero-order valence-corrected chi connectivity index (χ0v) is 20.1. The van der Waals surface area contributed by atoms with E-state index in [4.69, 9.17) is 16.3 Å². The molecule has 6 rings (SSSR count). The number of nitrogens with one attached hydrogen (secondary N) is 1. The van der Waals surface area contributed by atoms with Crippen molar-refractivity contribution in [1.29, 1.82) is 0 Å². The van der Waals surface area contributed by atoms with E-state index in [1.807, 2.05) is 41.3 Å². The van der Waals surface area contributed by atoms with Crippen LogP contribution in [-0.2, 0) is 14.4 Å². The summed E-state index contributed by atoms with van der Waals surface area (Å²) in [6.45, 7) is 0. The van der Waals surface area contributed by atoms with Crippen molar-refractivity contribution in [3.8, 4) is 5.75 Å². The molecular formula is C28H22ClN3O4. The van der Waals surface area contributed by atoms with Crippen LogP contribution in [0.1, 0.15) is 5.56 Å². The van der Waals surface area contributed by atoms with Gasteiger partial charge in [-0.25, -0.2) is 4.90 Å². The number of carbonyl (C=O) groups is 3. The molecule has 2 saturated heterocycles. The Morgan fingerprint density at radius 2 is 1.61 bits per heavy atom. The summed E-state index contributed by atoms with van der Waals surface area (Å²) in [6.07, 6.45) is 3.89.